The lowest BCUT2D eigenvalue weighted by Crippen LogP contribution is -2.45. The van der Waals surface area contributed by atoms with Crippen LogP contribution in [0.15, 0.2) is 12.1 Å². The van der Waals surface area contributed by atoms with Gasteiger partial charge >= 0.3 is 13.2 Å². The SMILES string of the molecule is COc1cc(B2OC(C)(C)C(C)(C)O2)cc(OC)c1OCC1CCN(CC2CCN(C(=O)OC(C)(C)CC(C)(C)C)CC2)CC1. The summed E-state index contributed by atoms with van der Waals surface area (Å²) in [5.74, 6) is 2.93. The van der Waals surface area contributed by atoms with Crippen molar-refractivity contribution in [2.45, 2.75) is 111 Å². The van der Waals surface area contributed by atoms with Crippen molar-refractivity contribution in [1.29, 1.82) is 0 Å². The first kappa shape index (κ1) is 35.7. The summed E-state index contributed by atoms with van der Waals surface area (Å²) < 4.78 is 36.3. The predicted molar refractivity (Wildman–Crippen MR) is 179 cm³/mol. The van der Waals surface area contributed by atoms with Gasteiger partial charge < -0.3 is 38.1 Å². The molecule has 3 heterocycles. The van der Waals surface area contributed by atoms with Gasteiger partial charge in [-0.25, -0.2) is 4.79 Å². The van der Waals surface area contributed by atoms with Gasteiger partial charge in [-0.2, -0.15) is 0 Å². The maximum Gasteiger partial charge on any atom is 0.495 e. The van der Waals surface area contributed by atoms with Crippen molar-refractivity contribution < 1.29 is 33.1 Å². The molecule has 0 radical (unpaired) electrons. The number of likely N-dealkylation sites (tertiary alicyclic amines) is 2. The molecule has 0 aromatic heterocycles. The molecule has 0 aliphatic carbocycles. The number of nitrogens with zero attached hydrogens (tertiary/aromatic N) is 2. The zero-order chi connectivity index (χ0) is 33.2. The van der Waals surface area contributed by atoms with Gasteiger partial charge in [-0.15, -0.1) is 0 Å². The normalized spacial score (nSPS) is 21.6. The van der Waals surface area contributed by atoms with Crippen LogP contribution in [0.1, 0.15) is 94.4 Å². The molecule has 0 saturated carbocycles. The minimum atomic E-state index is -0.511. The standard InChI is InChI=1S/C35H59BN2O7/c1-32(2,3)24-33(4,5)43-31(39)38-18-14-25(15-19-38)22-37-16-12-26(13-17-37)23-42-30-28(40-10)20-27(21-29(30)41-11)36-44-34(6,7)35(8,9)45-36/h20-21,25-26H,12-19,22-24H2,1-11H3. The Labute approximate surface area is 272 Å². The van der Waals surface area contributed by atoms with Crippen LogP contribution in [0.25, 0.3) is 0 Å². The molecule has 3 fully saturated rings. The number of hydrogen-bond donors (Lipinski definition) is 0. The lowest BCUT2D eigenvalue weighted by molar-refractivity contribution is -0.0149. The highest BCUT2D eigenvalue weighted by molar-refractivity contribution is 6.62. The molecule has 1 amide bonds. The Morgan fingerprint density at radius 2 is 1.38 bits per heavy atom. The Morgan fingerprint density at radius 1 is 0.867 bits per heavy atom. The minimum Gasteiger partial charge on any atom is -0.493 e. The van der Waals surface area contributed by atoms with Crippen molar-refractivity contribution in [1.82, 2.24) is 9.80 Å². The van der Waals surface area contributed by atoms with E-state index in [2.05, 4.69) is 25.7 Å². The Hall–Kier alpha value is -2.17. The first-order valence-corrected chi connectivity index (χ1v) is 16.9. The molecule has 10 heteroatoms. The average Bonchev–Trinajstić information content (AvgIpc) is 3.17. The summed E-state index contributed by atoms with van der Waals surface area (Å²) in [7, 11) is 2.79. The predicted octanol–water partition coefficient (Wildman–Crippen LogP) is 6.16. The van der Waals surface area contributed by atoms with Gasteiger partial charge in [0.2, 0.25) is 5.75 Å². The van der Waals surface area contributed by atoms with E-state index in [-0.39, 0.29) is 11.5 Å². The monoisotopic (exact) mass is 630 g/mol. The van der Waals surface area contributed by atoms with Crippen LogP contribution in [0.5, 0.6) is 17.2 Å². The van der Waals surface area contributed by atoms with Crippen LogP contribution in [0, 0.1) is 17.3 Å². The number of hydrogen-bond acceptors (Lipinski definition) is 8. The summed E-state index contributed by atoms with van der Waals surface area (Å²) in [4.78, 5) is 17.3. The quantitative estimate of drug-likeness (QED) is 0.285. The minimum absolute atomic E-state index is 0.109. The molecule has 0 bridgehead atoms. The van der Waals surface area contributed by atoms with E-state index in [9.17, 15) is 4.79 Å². The highest BCUT2D eigenvalue weighted by atomic mass is 16.7. The second-order valence-corrected chi connectivity index (χ2v) is 16.2. The fraction of sp³-hybridized carbons (Fsp3) is 0.800. The van der Waals surface area contributed by atoms with Gasteiger partial charge in [0.25, 0.3) is 0 Å². The first-order valence-electron chi connectivity index (χ1n) is 16.9. The Morgan fingerprint density at radius 3 is 1.87 bits per heavy atom. The molecule has 0 unspecified atom stereocenters. The number of amides is 1. The fourth-order valence-electron chi connectivity index (χ4n) is 6.97. The van der Waals surface area contributed by atoms with Crippen molar-refractivity contribution in [2.75, 3.05) is 53.6 Å². The molecular weight excluding hydrogens is 571 g/mol. The van der Waals surface area contributed by atoms with Gasteiger partial charge in [-0.05, 0) is 122 Å². The van der Waals surface area contributed by atoms with Gasteiger partial charge in [-0.3, -0.25) is 0 Å². The van der Waals surface area contributed by atoms with Crippen molar-refractivity contribution in [3.8, 4) is 17.2 Å². The molecule has 3 aliphatic rings. The van der Waals surface area contributed by atoms with Gasteiger partial charge in [0.1, 0.15) is 5.60 Å². The zero-order valence-electron chi connectivity index (χ0n) is 29.9. The summed E-state index contributed by atoms with van der Waals surface area (Å²) >= 11 is 0. The third kappa shape index (κ3) is 9.22. The molecule has 3 saturated heterocycles. The fourth-order valence-corrected chi connectivity index (χ4v) is 6.97. The third-order valence-corrected chi connectivity index (χ3v) is 9.89. The summed E-state index contributed by atoms with van der Waals surface area (Å²) in [5.41, 5.74) is -0.380. The van der Waals surface area contributed by atoms with E-state index in [1.807, 2.05) is 58.6 Å². The van der Waals surface area contributed by atoms with E-state index in [1.54, 1.807) is 14.2 Å². The van der Waals surface area contributed by atoms with Crippen LogP contribution >= 0.6 is 0 Å². The van der Waals surface area contributed by atoms with E-state index in [0.717, 1.165) is 70.3 Å². The van der Waals surface area contributed by atoms with E-state index in [0.29, 0.717) is 35.7 Å². The van der Waals surface area contributed by atoms with E-state index in [4.69, 9.17) is 28.3 Å². The summed E-state index contributed by atoms with van der Waals surface area (Å²) in [6, 6.07) is 3.86. The maximum atomic E-state index is 12.9. The van der Waals surface area contributed by atoms with Gasteiger partial charge in [0.15, 0.2) is 11.5 Å². The molecule has 1 aromatic rings. The second kappa shape index (κ2) is 13.9. The zero-order valence-corrected chi connectivity index (χ0v) is 29.9. The highest BCUT2D eigenvalue weighted by Gasteiger charge is 2.52. The molecule has 4 rings (SSSR count). The van der Waals surface area contributed by atoms with Crippen molar-refractivity contribution in [2.24, 2.45) is 17.3 Å². The van der Waals surface area contributed by atoms with Gasteiger partial charge in [0, 0.05) is 19.6 Å². The number of ether oxygens (including phenoxy) is 4. The number of piperidine rings is 2. The van der Waals surface area contributed by atoms with Gasteiger partial charge in [0.05, 0.1) is 32.0 Å². The number of benzene rings is 1. The van der Waals surface area contributed by atoms with E-state index >= 15 is 0 Å². The van der Waals surface area contributed by atoms with Crippen LogP contribution in [0.3, 0.4) is 0 Å². The summed E-state index contributed by atoms with van der Waals surface area (Å²) in [6.45, 7) is 24.1. The van der Waals surface area contributed by atoms with Crippen LogP contribution in [0.4, 0.5) is 4.79 Å². The van der Waals surface area contributed by atoms with E-state index in [1.165, 1.54) is 0 Å². The van der Waals surface area contributed by atoms with Crippen LogP contribution < -0.4 is 19.7 Å². The van der Waals surface area contributed by atoms with Crippen LogP contribution in [-0.2, 0) is 14.0 Å². The second-order valence-electron chi connectivity index (χ2n) is 16.2. The Kier molecular flexibility index (Phi) is 11.0. The number of rotatable bonds is 10. The largest absolute Gasteiger partial charge is 0.495 e. The molecule has 0 N–H and O–H groups in total. The Bertz CT molecular complexity index is 1110. The lowest BCUT2D eigenvalue weighted by Gasteiger charge is -2.39. The van der Waals surface area contributed by atoms with Crippen LogP contribution in [-0.4, -0.2) is 93.4 Å². The molecular formula is C35H59BN2O7. The molecule has 3 aliphatic heterocycles. The van der Waals surface area contributed by atoms with Gasteiger partial charge in [-0.1, -0.05) is 20.8 Å². The molecule has 1 aromatic carbocycles. The number of carbonyl (C=O) groups excluding carboxylic acids is 1. The molecule has 0 atom stereocenters. The third-order valence-electron chi connectivity index (χ3n) is 9.89. The maximum absolute atomic E-state index is 12.9. The first-order chi connectivity index (χ1) is 20.9. The Balaban J connectivity index is 1.22. The summed E-state index contributed by atoms with van der Waals surface area (Å²) in [5, 5.41) is 0. The molecule has 0 spiro atoms. The number of methoxy groups -OCH3 is 2. The highest BCUT2D eigenvalue weighted by Crippen LogP contribution is 2.40. The lowest BCUT2D eigenvalue weighted by atomic mass is 9.78. The van der Waals surface area contributed by atoms with Crippen molar-refractivity contribution in [3.05, 3.63) is 12.1 Å². The number of carbonyl (C=O) groups is 1. The van der Waals surface area contributed by atoms with Crippen molar-refractivity contribution >= 4 is 18.7 Å². The topological polar surface area (TPSA) is 78.9 Å². The molecule has 254 valence electrons. The molecule has 45 heavy (non-hydrogen) atoms. The smallest absolute Gasteiger partial charge is 0.493 e. The summed E-state index contributed by atoms with van der Waals surface area (Å²) in [6.07, 6.45) is 4.90. The van der Waals surface area contributed by atoms with Crippen molar-refractivity contribution in [3.63, 3.8) is 0 Å². The molecule has 9 nitrogen and oxygen atoms in total. The van der Waals surface area contributed by atoms with E-state index < -0.39 is 23.9 Å². The van der Waals surface area contributed by atoms with Crippen LogP contribution in [0.2, 0.25) is 0 Å². The average molecular weight is 631 g/mol.